The Morgan fingerprint density at radius 1 is 1.17 bits per heavy atom. The molecule has 5 nitrogen and oxygen atoms in total. The minimum absolute atomic E-state index is 0.0297. The largest absolute Gasteiger partial charge is 0.345 e. The van der Waals surface area contributed by atoms with Crippen molar-refractivity contribution in [2.24, 2.45) is 0 Å². The molecule has 2 aromatic carbocycles. The summed E-state index contributed by atoms with van der Waals surface area (Å²) in [7, 11) is 0. The summed E-state index contributed by atoms with van der Waals surface area (Å²) in [5.74, 6) is -0.154. The lowest BCUT2D eigenvalue weighted by Gasteiger charge is -2.14. The zero-order valence-electron chi connectivity index (χ0n) is 12.8. The number of carbonyl (C=O) groups excluding carboxylic acids is 1. The molecule has 4 rings (SSSR count). The summed E-state index contributed by atoms with van der Waals surface area (Å²) in [4.78, 5) is 29.9. The Hall–Kier alpha value is -2.73. The zero-order chi connectivity index (χ0) is 16.7. The second-order valence-electron chi connectivity index (χ2n) is 5.93. The first-order chi connectivity index (χ1) is 11.6. The topological polar surface area (TPSA) is 77.8 Å². The van der Waals surface area contributed by atoms with Gasteiger partial charge in [-0.25, -0.2) is 0 Å². The van der Waals surface area contributed by atoms with E-state index in [1.54, 1.807) is 18.2 Å². The summed E-state index contributed by atoms with van der Waals surface area (Å²) in [6.07, 6.45) is 1.88. The number of nitrogens with one attached hydrogen (secondary N) is 3. The Morgan fingerprint density at radius 3 is 2.88 bits per heavy atom. The Morgan fingerprint density at radius 2 is 2.00 bits per heavy atom. The highest BCUT2D eigenvalue weighted by Crippen LogP contribution is 2.30. The number of aryl methyl sites for hydroxylation is 1. The van der Waals surface area contributed by atoms with Gasteiger partial charge in [0.05, 0.1) is 16.9 Å². The second-order valence-corrected chi connectivity index (χ2v) is 6.34. The normalized spacial score (nSPS) is 16.1. The van der Waals surface area contributed by atoms with Crippen LogP contribution in [0.4, 0.5) is 0 Å². The van der Waals surface area contributed by atoms with Gasteiger partial charge in [0.15, 0.2) is 4.77 Å². The van der Waals surface area contributed by atoms with Crippen molar-refractivity contribution in [2.45, 2.75) is 18.9 Å². The Kier molecular flexibility index (Phi) is 3.54. The Balaban J connectivity index is 1.65. The zero-order valence-corrected chi connectivity index (χ0v) is 13.6. The monoisotopic (exact) mass is 337 g/mol. The van der Waals surface area contributed by atoms with E-state index in [0.717, 1.165) is 12.8 Å². The first-order valence-electron chi connectivity index (χ1n) is 7.77. The van der Waals surface area contributed by atoms with E-state index >= 15 is 0 Å². The van der Waals surface area contributed by atoms with Crippen LogP contribution in [0.5, 0.6) is 0 Å². The van der Waals surface area contributed by atoms with E-state index in [9.17, 15) is 9.59 Å². The maximum absolute atomic E-state index is 12.6. The molecule has 1 unspecified atom stereocenters. The first kappa shape index (κ1) is 14.8. The van der Waals surface area contributed by atoms with Crippen LogP contribution in [0.15, 0.2) is 47.3 Å². The molecule has 3 N–H and O–H groups in total. The fraction of sp³-hybridized carbons (Fsp3) is 0.167. The van der Waals surface area contributed by atoms with E-state index < -0.39 is 0 Å². The number of aromatic amines is 2. The average molecular weight is 337 g/mol. The van der Waals surface area contributed by atoms with Crippen LogP contribution in [0, 0.1) is 4.77 Å². The number of rotatable bonds is 2. The molecule has 3 aromatic rings. The van der Waals surface area contributed by atoms with Crippen LogP contribution in [-0.2, 0) is 6.42 Å². The molecule has 0 fully saturated rings. The number of hydrogen-bond donors (Lipinski definition) is 3. The van der Waals surface area contributed by atoms with Gasteiger partial charge >= 0.3 is 0 Å². The summed E-state index contributed by atoms with van der Waals surface area (Å²) >= 11 is 4.98. The van der Waals surface area contributed by atoms with Crippen LogP contribution in [0.2, 0.25) is 0 Å². The molecule has 1 heterocycles. The van der Waals surface area contributed by atoms with Crippen LogP contribution in [-0.4, -0.2) is 15.9 Å². The molecule has 1 aliphatic rings. The van der Waals surface area contributed by atoms with Crippen LogP contribution >= 0.6 is 12.2 Å². The van der Waals surface area contributed by atoms with Crippen LogP contribution in [0.3, 0.4) is 0 Å². The average Bonchev–Trinajstić information content (AvgIpc) is 2.97. The van der Waals surface area contributed by atoms with E-state index in [-0.39, 0.29) is 22.3 Å². The number of fused-ring (bicyclic) bond motifs is 2. The van der Waals surface area contributed by atoms with Crippen molar-refractivity contribution in [1.82, 2.24) is 15.3 Å². The summed E-state index contributed by atoms with van der Waals surface area (Å²) < 4.78 is 0.245. The molecule has 120 valence electrons. The molecule has 0 saturated heterocycles. The molecule has 0 saturated carbocycles. The molecule has 24 heavy (non-hydrogen) atoms. The third-order valence-corrected chi connectivity index (χ3v) is 4.64. The highest BCUT2D eigenvalue weighted by Gasteiger charge is 2.23. The van der Waals surface area contributed by atoms with Crippen molar-refractivity contribution in [1.29, 1.82) is 0 Å². The third kappa shape index (κ3) is 2.55. The lowest BCUT2D eigenvalue weighted by atomic mass is 10.1. The van der Waals surface area contributed by atoms with Crippen LogP contribution in [0.1, 0.15) is 33.9 Å². The van der Waals surface area contributed by atoms with E-state index in [1.807, 2.05) is 12.1 Å². The van der Waals surface area contributed by atoms with Gasteiger partial charge in [0, 0.05) is 5.56 Å². The van der Waals surface area contributed by atoms with Gasteiger partial charge in [0.2, 0.25) is 0 Å². The van der Waals surface area contributed by atoms with Gasteiger partial charge in [-0.3, -0.25) is 14.6 Å². The molecule has 0 radical (unpaired) electrons. The Bertz CT molecular complexity index is 1070. The number of aromatic nitrogens is 2. The van der Waals surface area contributed by atoms with Crippen molar-refractivity contribution in [3.8, 4) is 0 Å². The third-order valence-electron chi connectivity index (χ3n) is 4.44. The smallest absolute Gasteiger partial charge is 0.259 e. The predicted molar refractivity (Wildman–Crippen MR) is 94.7 cm³/mol. The van der Waals surface area contributed by atoms with Crippen molar-refractivity contribution < 1.29 is 4.79 Å². The minimum atomic E-state index is -0.259. The first-order valence-corrected chi connectivity index (χ1v) is 8.18. The summed E-state index contributed by atoms with van der Waals surface area (Å²) in [6, 6.07) is 13.2. The van der Waals surface area contributed by atoms with Crippen molar-refractivity contribution in [3.63, 3.8) is 0 Å². The van der Waals surface area contributed by atoms with Gasteiger partial charge in [0.1, 0.15) is 0 Å². The highest BCUT2D eigenvalue weighted by atomic mass is 32.1. The molecular formula is C18H15N3O2S. The molecule has 0 aliphatic heterocycles. The van der Waals surface area contributed by atoms with Crippen LogP contribution in [0.25, 0.3) is 10.9 Å². The van der Waals surface area contributed by atoms with Crippen molar-refractivity contribution in [3.05, 3.63) is 74.3 Å². The number of amides is 1. The maximum Gasteiger partial charge on any atom is 0.259 e. The van der Waals surface area contributed by atoms with E-state index in [2.05, 4.69) is 27.4 Å². The molecule has 0 spiro atoms. The van der Waals surface area contributed by atoms with Gasteiger partial charge in [-0.05, 0) is 54.4 Å². The minimum Gasteiger partial charge on any atom is -0.345 e. The van der Waals surface area contributed by atoms with E-state index in [1.165, 1.54) is 11.1 Å². The molecule has 1 amide bonds. The molecule has 1 aromatic heterocycles. The predicted octanol–water partition coefficient (Wildman–Crippen LogP) is 3.00. The number of carbonyl (C=O) groups is 1. The quantitative estimate of drug-likeness (QED) is 0.629. The SMILES string of the molecule is O=C(NC1CCc2ccccc21)c1ccc2c(=O)[nH]c(=S)[nH]c2c1. The molecule has 6 heteroatoms. The Labute approximate surface area is 142 Å². The van der Waals surface area contributed by atoms with Crippen LogP contribution < -0.4 is 10.9 Å². The fourth-order valence-electron chi connectivity index (χ4n) is 3.26. The van der Waals surface area contributed by atoms with Gasteiger partial charge in [-0.2, -0.15) is 0 Å². The lowest BCUT2D eigenvalue weighted by molar-refractivity contribution is 0.0937. The van der Waals surface area contributed by atoms with Gasteiger partial charge in [0.25, 0.3) is 11.5 Å². The summed E-state index contributed by atoms with van der Waals surface area (Å²) in [6.45, 7) is 0. The number of hydrogen-bond acceptors (Lipinski definition) is 3. The van der Waals surface area contributed by atoms with Crippen molar-refractivity contribution in [2.75, 3.05) is 0 Å². The maximum atomic E-state index is 12.6. The molecule has 1 aliphatic carbocycles. The van der Waals surface area contributed by atoms with Gasteiger partial charge < -0.3 is 10.3 Å². The second kappa shape index (κ2) is 5.72. The summed E-state index contributed by atoms with van der Waals surface area (Å²) in [5.41, 5.74) is 3.27. The lowest BCUT2D eigenvalue weighted by Crippen LogP contribution is -2.27. The van der Waals surface area contributed by atoms with Gasteiger partial charge in [-0.15, -0.1) is 0 Å². The molecule has 1 atom stereocenters. The van der Waals surface area contributed by atoms with Gasteiger partial charge in [-0.1, -0.05) is 24.3 Å². The van der Waals surface area contributed by atoms with E-state index in [4.69, 9.17) is 12.2 Å². The fourth-order valence-corrected chi connectivity index (χ4v) is 3.46. The number of H-pyrrole nitrogens is 2. The van der Waals surface area contributed by atoms with Crippen molar-refractivity contribution >= 4 is 29.0 Å². The highest BCUT2D eigenvalue weighted by molar-refractivity contribution is 7.71. The standard InChI is InChI=1S/C18H15N3O2S/c22-16(19-14-8-6-10-3-1-2-4-12(10)14)11-5-7-13-15(9-11)20-18(24)21-17(13)23/h1-5,7,9,14H,6,8H2,(H,19,22)(H2,20,21,23,24). The molecule has 0 bridgehead atoms. The van der Waals surface area contributed by atoms with E-state index in [0.29, 0.717) is 16.5 Å². The summed E-state index contributed by atoms with van der Waals surface area (Å²) in [5, 5.41) is 3.56. The molecular weight excluding hydrogens is 322 g/mol. The number of benzene rings is 2.